The molecule has 152 valence electrons. The van der Waals surface area contributed by atoms with Crippen LogP contribution in [0.4, 0.5) is 0 Å². The Morgan fingerprint density at radius 3 is 2.21 bits per heavy atom. The van der Waals surface area contributed by atoms with Crippen LogP contribution in [0.15, 0.2) is 41.3 Å². The summed E-state index contributed by atoms with van der Waals surface area (Å²) in [6.45, 7) is 8.00. The lowest BCUT2D eigenvalue weighted by molar-refractivity contribution is 0.0934. The minimum atomic E-state index is -3.24. The van der Waals surface area contributed by atoms with Gasteiger partial charge in [0.15, 0.2) is 9.84 Å². The molecule has 5 nitrogen and oxygen atoms in total. The first-order valence-electron chi connectivity index (χ1n) is 9.37. The predicted octanol–water partition coefficient (Wildman–Crippen LogP) is 4.41. The number of hydrogen-bond donors (Lipinski definition) is 1. The van der Waals surface area contributed by atoms with Crippen molar-refractivity contribution in [2.45, 2.75) is 51.0 Å². The maximum atomic E-state index is 13.0. The molecule has 0 saturated heterocycles. The standard InChI is InChI=1S/C22H29NO4S/c1-7-20(16-8-10-17(11-9-16)28(6,25)26)23-22(24)19-13-18(14(2)3)21(27-5)12-15(19)4/h8-14,20H,7H2,1-6H3,(H,23,24)/t20-/m0/s1. The molecule has 1 atom stereocenters. The van der Waals surface area contributed by atoms with E-state index in [2.05, 4.69) is 19.2 Å². The molecule has 1 N–H and O–H groups in total. The fourth-order valence-corrected chi connectivity index (χ4v) is 3.81. The van der Waals surface area contributed by atoms with Crippen LogP contribution in [0.25, 0.3) is 0 Å². The third kappa shape index (κ3) is 4.93. The molecule has 2 aromatic carbocycles. The van der Waals surface area contributed by atoms with Crippen LogP contribution >= 0.6 is 0 Å². The van der Waals surface area contributed by atoms with Crippen LogP contribution < -0.4 is 10.1 Å². The Labute approximate surface area is 168 Å². The lowest BCUT2D eigenvalue weighted by Gasteiger charge is -2.20. The highest BCUT2D eigenvalue weighted by Crippen LogP contribution is 2.30. The first-order chi connectivity index (χ1) is 13.1. The first-order valence-corrected chi connectivity index (χ1v) is 11.3. The zero-order valence-electron chi connectivity index (χ0n) is 17.4. The number of benzene rings is 2. The third-order valence-corrected chi connectivity index (χ3v) is 6.00. The van der Waals surface area contributed by atoms with Crippen LogP contribution in [0, 0.1) is 6.92 Å². The van der Waals surface area contributed by atoms with Crippen LogP contribution in [0.3, 0.4) is 0 Å². The summed E-state index contributed by atoms with van der Waals surface area (Å²) in [6.07, 6.45) is 1.87. The maximum Gasteiger partial charge on any atom is 0.252 e. The second-order valence-electron chi connectivity index (χ2n) is 7.34. The molecule has 0 aliphatic rings. The highest BCUT2D eigenvalue weighted by molar-refractivity contribution is 7.90. The highest BCUT2D eigenvalue weighted by atomic mass is 32.2. The number of amides is 1. The molecule has 0 heterocycles. The Morgan fingerprint density at radius 1 is 1.14 bits per heavy atom. The Bertz CT molecular complexity index is 947. The second-order valence-corrected chi connectivity index (χ2v) is 9.36. The Balaban J connectivity index is 2.30. The Morgan fingerprint density at radius 2 is 1.75 bits per heavy atom. The molecule has 0 radical (unpaired) electrons. The van der Waals surface area contributed by atoms with Crippen molar-refractivity contribution >= 4 is 15.7 Å². The number of ether oxygens (including phenoxy) is 1. The topological polar surface area (TPSA) is 72.5 Å². The van der Waals surface area contributed by atoms with E-state index in [9.17, 15) is 13.2 Å². The molecule has 0 aromatic heterocycles. The van der Waals surface area contributed by atoms with Gasteiger partial charge in [-0.1, -0.05) is 32.9 Å². The summed E-state index contributed by atoms with van der Waals surface area (Å²) in [5.41, 5.74) is 3.33. The van der Waals surface area contributed by atoms with Crippen molar-refractivity contribution < 1.29 is 17.9 Å². The van der Waals surface area contributed by atoms with E-state index in [0.717, 1.165) is 22.4 Å². The summed E-state index contributed by atoms with van der Waals surface area (Å²) in [7, 11) is -1.61. The van der Waals surface area contributed by atoms with E-state index >= 15 is 0 Å². The van der Waals surface area contributed by atoms with Crippen molar-refractivity contribution in [2.75, 3.05) is 13.4 Å². The lowest BCUT2D eigenvalue weighted by atomic mass is 9.95. The number of nitrogens with one attached hydrogen (secondary N) is 1. The SMILES string of the molecule is CC[C@H](NC(=O)c1cc(C(C)C)c(OC)cc1C)c1ccc(S(C)(=O)=O)cc1. The average Bonchev–Trinajstić information content (AvgIpc) is 2.64. The molecule has 2 rings (SSSR count). The van der Waals surface area contributed by atoms with Crippen molar-refractivity contribution in [3.63, 3.8) is 0 Å². The van der Waals surface area contributed by atoms with E-state index in [-0.39, 0.29) is 22.8 Å². The quantitative estimate of drug-likeness (QED) is 0.743. The fraction of sp³-hybridized carbons (Fsp3) is 0.409. The maximum absolute atomic E-state index is 13.0. The van der Waals surface area contributed by atoms with Gasteiger partial charge in [0.05, 0.1) is 18.0 Å². The van der Waals surface area contributed by atoms with Crippen molar-refractivity contribution in [1.82, 2.24) is 5.32 Å². The molecule has 6 heteroatoms. The summed E-state index contributed by atoms with van der Waals surface area (Å²) < 4.78 is 28.7. The second kappa shape index (κ2) is 8.78. The summed E-state index contributed by atoms with van der Waals surface area (Å²) in [4.78, 5) is 13.2. The van der Waals surface area contributed by atoms with Gasteiger partial charge in [0.25, 0.3) is 5.91 Å². The van der Waals surface area contributed by atoms with Crippen molar-refractivity contribution in [3.8, 4) is 5.75 Å². The molecule has 1 amide bonds. The largest absolute Gasteiger partial charge is 0.496 e. The molecule has 0 saturated carbocycles. The third-order valence-electron chi connectivity index (χ3n) is 4.87. The van der Waals surface area contributed by atoms with Gasteiger partial charge in [-0.05, 0) is 60.2 Å². The van der Waals surface area contributed by atoms with E-state index in [1.807, 2.05) is 26.0 Å². The molecular formula is C22H29NO4S. The molecule has 0 spiro atoms. The minimum Gasteiger partial charge on any atom is -0.496 e. The van der Waals surface area contributed by atoms with E-state index in [1.54, 1.807) is 31.4 Å². The molecule has 2 aromatic rings. The van der Waals surface area contributed by atoms with Crippen LogP contribution in [0.5, 0.6) is 5.75 Å². The summed E-state index contributed by atoms with van der Waals surface area (Å²) in [6, 6.07) is 10.3. The van der Waals surface area contributed by atoms with E-state index in [0.29, 0.717) is 12.0 Å². The lowest BCUT2D eigenvalue weighted by Crippen LogP contribution is -2.29. The van der Waals surface area contributed by atoms with Crippen LogP contribution in [0.1, 0.15) is 66.2 Å². The van der Waals surface area contributed by atoms with Crippen LogP contribution in [-0.2, 0) is 9.84 Å². The zero-order chi connectivity index (χ0) is 21.1. The van der Waals surface area contributed by atoms with Gasteiger partial charge in [-0.2, -0.15) is 0 Å². The summed E-state index contributed by atoms with van der Waals surface area (Å²) in [5, 5.41) is 3.07. The summed E-state index contributed by atoms with van der Waals surface area (Å²) in [5.74, 6) is 0.862. The molecule has 0 aliphatic carbocycles. The molecule has 0 bridgehead atoms. The molecule has 28 heavy (non-hydrogen) atoms. The van der Waals surface area contributed by atoms with Gasteiger partial charge in [0, 0.05) is 11.8 Å². The first kappa shape index (κ1) is 22.0. The number of aryl methyl sites for hydroxylation is 1. The molecular weight excluding hydrogens is 374 g/mol. The van der Waals surface area contributed by atoms with Crippen molar-refractivity contribution in [2.24, 2.45) is 0 Å². The van der Waals surface area contributed by atoms with Gasteiger partial charge in [0.2, 0.25) is 0 Å². The minimum absolute atomic E-state index is 0.152. The van der Waals surface area contributed by atoms with E-state index in [1.165, 1.54) is 6.26 Å². The van der Waals surface area contributed by atoms with Crippen LogP contribution in [0.2, 0.25) is 0 Å². The van der Waals surface area contributed by atoms with Crippen molar-refractivity contribution in [1.29, 1.82) is 0 Å². The molecule has 0 fully saturated rings. The Hall–Kier alpha value is -2.34. The van der Waals surface area contributed by atoms with Gasteiger partial charge in [0.1, 0.15) is 5.75 Å². The number of rotatable bonds is 7. The van der Waals surface area contributed by atoms with Gasteiger partial charge >= 0.3 is 0 Å². The van der Waals surface area contributed by atoms with Gasteiger partial charge in [-0.15, -0.1) is 0 Å². The van der Waals surface area contributed by atoms with Gasteiger partial charge < -0.3 is 10.1 Å². The van der Waals surface area contributed by atoms with E-state index < -0.39 is 9.84 Å². The highest BCUT2D eigenvalue weighted by Gasteiger charge is 2.19. The monoisotopic (exact) mass is 403 g/mol. The number of carbonyl (C=O) groups is 1. The average molecular weight is 404 g/mol. The molecule has 0 aliphatic heterocycles. The Kier molecular flexibility index (Phi) is 6.88. The number of carbonyl (C=O) groups excluding carboxylic acids is 1. The van der Waals surface area contributed by atoms with Crippen molar-refractivity contribution in [3.05, 3.63) is 58.7 Å². The summed E-state index contributed by atoms with van der Waals surface area (Å²) >= 11 is 0. The van der Waals surface area contributed by atoms with Gasteiger partial charge in [-0.3, -0.25) is 4.79 Å². The number of methoxy groups -OCH3 is 1. The normalized spacial score (nSPS) is 12.7. The fourth-order valence-electron chi connectivity index (χ4n) is 3.18. The predicted molar refractivity (Wildman–Crippen MR) is 112 cm³/mol. The zero-order valence-corrected chi connectivity index (χ0v) is 18.2. The molecule has 0 unspecified atom stereocenters. The number of sulfone groups is 1. The van der Waals surface area contributed by atoms with Crippen LogP contribution in [-0.4, -0.2) is 27.7 Å². The van der Waals surface area contributed by atoms with E-state index in [4.69, 9.17) is 4.74 Å². The van der Waals surface area contributed by atoms with Gasteiger partial charge in [-0.25, -0.2) is 8.42 Å². The smallest absolute Gasteiger partial charge is 0.252 e. The number of hydrogen-bond acceptors (Lipinski definition) is 4.